The van der Waals surface area contributed by atoms with Gasteiger partial charge in [-0.05, 0) is 38.5 Å². The van der Waals surface area contributed by atoms with E-state index in [1.807, 2.05) is 0 Å². The number of esters is 1. The Morgan fingerprint density at radius 1 is 0.517 bits per heavy atom. The molecule has 2 unspecified atom stereocenters. The lowest BCUT2D eigenvalue weighted by Crippen LogP contribution is -2.27. The highest BCUT2D eigenvalue weighted by molar-refractivity contribution is 7.47. The average Bonchev–Trinajstić information content (AvgIpc) is 3.21. The van der Waals surface area contributed by atoms with Crippen molar-refractivity contribution in [2.45, 2.75) is 258 Å². The minimum atomic E-state index is -4.42. The molecular formula is C48H94NO8P. The van der Waals surface area contributed by atoms with Crippen LogP contribution in [0.15, 0.2) is 12.2 Å². The van der Waals surface area contributed by atoms with Crippen LogP contribution in [0.2, 0.25) is 0 Å². The van der Waals surface area contributed by atoms with Gasteiger partial charge >= 0.3 is 13.8 Å². The number of nitrogens with one attached hydrogen (secondary N) is 1. The first-order valence-electron chi connectivity index (χ1n) is 24.7. The maximum absolute atomic E-state index is 12.1. The van der Waals surface area contributed by atoms with Crippen LogP contribution >= 0.6 is 7.82 Å². The highest BCUT2D eigenvalue weighted by Gasteiger charge is 2.23. The lowest BCUT2D eigenvalue weighted by molar-refractivity contribution is -0.147. The number of amides is 1. The van der Waals surface area contributed by atoms with Gasteiger partial charge in [0.15, 0.2) is 0 Å². The standard InChI is InChI=1S/C48H94NO8P/c1-3-5-7-9-11-13-15-17-19-21-22-23-24-25-26-28-30-32-34-36-38-40-47(51)49-42-43-56-58(53,54)57-45-46(50)44-55-48(52)41-39-37-35-33-31-29-27-20-18-16-14-12-10-8-6-4-2/h20,27,46,50H,3-19,21-26,28-45H2,1-2H3,(H,49,51)(H,53,54)/b27-20-. The third kappa shape index (κ3) is 45.8. The summed E-state index contributed by atoms with van der Waals surface area (Å²) in [5.41, 5.74) is 0. The predicted molar refractivity (Wildman–Crippen MR) is 243 cm³/mol. The maximum Gasteiger partial charge on any atom is 0.472 e. The Kier molecular flexibility index (Phi) is 44.3. The van der Waals surface area contributed by atoms with E-state index in [0.717, 1.165) is 57.8 Å². The van der Waals surface area contributed by atoms with Crippen molar-refractivity contribution in [3.63, 3.8) is 0 Å². The quantitative estimate of drug-likeness (QED) is 0.0239. The SMILES string of the molecule is CCCCCCCCC/C=C\CCCCCCCC(=O)OCC(O)COP(=O)(O)OCCNC(=O)CCCCCCCCCCCCCCCCCCCCCCC. The van der Waals surface area contributed by atoms with Crippen molar-refractivity contribution in [1.82, 2.24) is 5.32 Å². The molecule has 0 bridgehead atoms. The van der Waals surface area contributed by atoms with Crippen molar-refractivity contribution >= 4 is 19.7 Å². The van der Waals surface area contributed by atoms with Crippen LogP contribution in [0.25, 0.3) is 0 Å². The zero-order chi connectivity index (χ0) is 42.5. The lowest BCUT2D eigenvalue weighted by Gasteiger charge is -2.15. The number of unbranched alkanes of at least 4 members (excludes halogenated alkanes) is 32. The van der Waals surface area contributed by atoms with E-state index in [-0.39, 0.29) is 32.1 Å². The van der Waals surface area contributed by atoms with Gasteiger partial charge in [0.25, 0.3) is 0 Å². The van der Waals surface area contributed by atoms with Crippen LogP contribution in [-0.2, 0) is 27.9 Å². The highest BCUT2D eigenvalue weighted by atomic mass is 31.2. The largest absolute Gasteiger partial charge is 0.472 e. The van der Waals surface area contributed by atoms with Crippen LogP contribution < -0.4 is 5.32 Å². The molecule has 9 nitrogen and oxygen atoms in total. The molecule has 0 radical (unpaired) electrons. The zero-order valence-corrected chi connectivity index (χ0v) is 38.9. The minimum Gasteiger partial charge on any atom is -0.463 e. The van der Waals surface area contributed by atoms with Gasteiger partial charge in [-0.3, -0.25) is 18.6 Å². The second-order valence-electron chi connectivity index (χ2n) is 16.8. The van der Waals surface area contributed by atoms with Crippen LogP contribution in [0.1, 0.15) is 251 Å². The lowest BCUT2D eigenvalue weighted by atomic mass is 10.0. The number of aliphatic hydroxyl groups is 1. The Balaban J connectivity index is 3.53. The number of phosphoric acid groups is 1. The summed E-state index contributed by atoms with van der Waals surface area (Å²) in [5, 5.41) is 12.7. The number of carbonyl (C=O) groups is 2. The molecule has 0 rings (SSSR count). The number of rotatable bonds is 47. The summed E-state index contributed by atoms with van der Waals surface area (Å²) in [4.78, 5) is 34.0. The van der Waals surface area contributed by atoms with Gasteiger partial charge in [-0.15, -0.1) is 0 Å². The summed E-state index contributed by atoms with van der Waals surface area (Å²) >= 11 is 0. The third-order valence-electron chi connectivity index (χ3n) is 10.9. The molecule has 0 spiro atoms. The van der Waals surface area contributed by atoms with Gasteiger partial charge in [0, 0.05) is 19.4 Å². The fourth-order valence-electron chi connectivity index (χ4n) is 7.20. The molecule has 3 N–H and O–H groups in total. The first-order chi connectivity index (χ1) is 28.3. The molecule has 0 saturated carbocycles. The summed E-state index contributed by atoms with van der Waals surface area (Å²) in [5.74, 6) is -0.513. The van der Waals surface area contributed by atoms with Crippen molar-refractivity contribution < 1.29 is 37.9 Å². The first-order valence-corrected chi connectivity index (χ1v) is 26.2. The van der Waals surface area contributed by atoms with Crippen molar-refractivity contribution in [2.24, 2.45) is 0 Å². The summed E-state index contributed by atoms with van der Waals surface area (Å²) < 4.78 is 26.9. The van der Waals surface area contributed by atoms with E-state index >= 15 is 0 Å². The maximum atomic E-state index is 12.1. The first kappa shape index (κ1) is 56.8. The molecule has 0 fully saturated rings. The second-order valence-corrected chi connectivity index (χ2v) is 18.2. The summed E-state index contributed by atoms with van der Waals surface area (Å²) in [7, 11) is -4.42. The number of carbonyl (C=O) groups excluding carboxylic acids is 2. The molecular weight excluding hydrogens is 750 g/mol. The van der Waals surface area contributed by atoms with Crippen LogP contribution in [0.3, 0.4) is 0 Å². The Hall–Kier alpha value is -1.25. The molecule has 58 heavy (non-hydrogen) atoms. The summed E-state index contributed by atoms with van der Waals surface area (Å²) in [6.07, 6.45) is 48.6. The van der Waals surface area contributed by atoms with Crippen molar-refractivity contribution in [3.05, 3.63) is 12.2 Å². The molecule has 0 aliphatic carbocycles. The molecule has 2 atom stereocenters. The number of phosphoric ester groups is 1. The van der Waals surface area contributed by atoms with E-state index in [1.54, 1.807) is 0 Å². The molecule has 0 aromatic heterocycles. The smallest absolute Gasteiger partial charge is 0.463 e. The third-order valence-corrected chi connectivity index (χ3v) is 11.9. The molecule has 0 heterocycles. The highest BCUT2D eigenvalue weighted by Crippen LogP contribution is 2.42. The van der Waals surface area contributed by atoms with E-state index in [0.29, 0.717) is 6.42 Å². The van der Waals surface area contributed by atoms with Gasteiger partial charge in [-0.2, -0.15) is 0 Å². The fourth-order valence-corrected chi connectivity index (χ4v) is 7.96. The number of allylic oxidation sites excluding steroid dienone is 2. The van der Waals surface area contributed by atoms with Gasteiger partial charge < -0.3 is 20.1 Å². The molecule has 1 amide bonds. The Morgan fingerprint density at radius 3 is 1.29 bits per heavy atom. The molecule has 344 valence electrons. The van der Waals surface area contributed by atoms with Gasteiger partial charge in [0.1, 0.15) is 12.7 Å². The normalized spacial score (nSPS) is 13.2. The monoisotopic (exact) mass is 844 g/mol. The number of ether oxygens (including phenoxy) is 1. The number of aliphatic hydroxyl groups excluding tert-OH is 1. The van der Waals surface area contributed by atoms with E-state index in [9.17, 15) is 24.2 Å². The zero-order valence-electron chi connectivity index (χ0n) is 38.0. The van der Waals surface area contributed by atoms with Crippen LogP contribution in [0, 0.1) is 0 Å². The van der Waals surface area contributed by atoms with Gasteiger partial charge in [-0.25, -0.2) is 4.57 Å². The molecule has 10 heteroatoms. The van der Waals surface area contributed by atoms with E-state index in [4.69, 9.17) is 13.8 Å². The average molecular weight is 844 g/mol. The molecule has 0 aliphatic heterocycles. The van der Waals surface area contributed by atoms with Crippen LogP contribution in [-0.4, -0.2) is 54.3 Å². The second kappa shape index (κ2) is 45.3. The topological polar surface area (TPSA) is 131 Å². The molecule has 0 aromatic rings. The van der Waals surface area contributed by atoms with Gasteiger partial charge in [0.2, 0.25) is 5.91 Å². The molecule has 0 aromatic carbocycles. The minimum absolute atomic E-state index is 0.0859. The number of hydrogen-bond acceptors (Lipinski definition) is 7. The Labute approximate surface area is 358 Å². The van der Waals surface area contributed by atoms with Crippen molar-refractivity contribution in [3.8, 4) is 0 Å². The van der Waals surface area contributed by atoms with Crippen LogP contribution in [0.4, 0.5) is 0 Å². The molecule has 0 saturated heterocycles. The summed E-state index contributed by atoms with van der Waals surface area (Å²) in [6, 6.07) is 0. The fraction of sp³-hybridized carbons (Fsp3) is 0.917. The van der Waals surface area contributed by atoms with Crippen LogP contribution in [0.5, 0.6) is 0 Å². The number of hydrogen-bond donors (Lipinski definition) is 3. The predicted octanol–water partition coefficient (Wildman–Crippen LogP) is 14.2. The van der Waals surface area contributed by atoms with Crippen molar-refractivity contribution in [1.29, 1.82) is 0 Å². The van der Waals surface area contributed by atoms with Gasteiger partial charge in [-0.1, -0.05) is 212 Å². The molecule has 0 aliphatic rings. The van der Waals surface area contributed by atoms with Crippen molar-refractivity contribution in [2.75, 3.05) is 26.4 Å². The Morgan fingerprint density at radius 2 is 0.879 bits per heavy atom. The van der Waals surface area contributed by atoms with E-state index in [1.165, 1.54) is 167 Å². The van der Waals surface area contributed by atoms with E-state index in [2.05, 4.69) is 31.3 Å². The van der Waals surface area contributed by atoms with E-state index < -0.39 is 26.5 Å². The Bertz CT molecular complexity index is 964. The summed E-state index contributed by atoms with van der Waals surface area (Å²) in [6.45, 7) is 3.59. The van der Waals surface area contributed by atoms with Gasteiger partial charge in [0.05, 0.1) is 13.2 Å².